The molecule has 126 valence electrons. The maximum Gasteiger partial charge on any atom is 0.209 e. The second-order valence-corrected chi connectivity index (χ2v) is 7.80. The molecule has 0 radical (unpaired) electrons. The smallest absolute Gasteiger partial charge is 0.209 e. The minimum atomic E-state index is 0.00193. The molecule has 24 heavy (non-hydrogen) atoms. The maximum absolute atomic E-state index is 12.4. The van der Waals surface area contributed by atoms with Crippen LogP contribution in [0.15, 0.2) is 24.5 Å². The molecule has 3 aromatic rings. The van der Waals surface area contributed by atoms with Gasteiger partial charge in [-0.1, -0.05) is 13.8 Å². The monoisotopic (exact) mass is 437 g/mol. The van der Waals surface area contributed by atoms with Crippen LogP contribution in [0.1, 0.15) is 50.9 Å². The molecule has 1 fully saturated rings. The summed E-state index contributed by atoms with van der Waals surface area (Å²) in [7, 11) is 0. The largest absolute Gasteiger partial charge is 0.618 e. The normalized spacial score (nSPS) is 18.8. The number of aromatic nitrogens is 3. The van der Waals surface area contributed by atoms with E-state index < -0.39 is 0 Å². The number of nitrogens with zero attached hydrogens (tertiary/aromatic N) is 3. The standard InChI is InChI=1S/C18H20IN3O2/c1-11(2)18-17(19)14-7-12-9-20-22(16-5-3-4-6-24-16)15(12)8-13(14)10-21(18)23/h7-11,16H,3-6H2,1-2H3. The van der Waals surface area contributed by atoms with Crippen LogP contribution in [0.5, 0.6) is 0 Å². The fraction of sp³-hybridized carbons (Fsp3) is 0.444. The third kappa shape index (κ3) is 2.56. The molecule has 6 heteroatoms. The molecular weight excluding hydrogens is 417 g/mol. The van der Waals surface area contributed by atoms with Crippen LogP contribution >= 0.6 is 22.6 Å². The van der Waals surface area contributed by atoms with Gasteiger partial charge in [-0.3, -0.25) is 0 Å². The van der Waals surface area contributed by atoms with Gasteiger partial charge in [-0.25, -0.2) is 4.68 Å². The molecule has 1 unspecified atom stereocenters. The molecule has 0 spiro atoms. The predicted molar refractivity (Wildman–Crippen MR) is 102 cm³/mol. The van der Waals surface area contributed by atoms with E-state index in [1.165, 1.54) is 0 Å². The highest BCUT2D eigenvalue weighted by molar-refractivity contribution is 14.1. The first kappa shape index (κ1) is 16.1. The predicted octanol–water partition coefficient (Wildman–Crippen LogP) is 4.25. The quantitative estimate of drug-likeness (QED) is 0.342. The highest BCUT2D eigenvalue weighted by atomic mass is 127. The van der Waals surface area contributed by atoms with Crippen molar-refractivity contribution < 1.29 is 9.47 Å². The minimum Gasteiger partial charge on any atom is -0.618 e. The van der Waals surface area contributed by atoms with E-state index in [9.17, 15) is 5.21 Å². The van der Waals surface area contributed by atoms with Crippen LogP contribution in [0.3, 0.4) is 0 Å². The summed E-state index contributed by atoms with van der Waals surface area (Å²) >= 11 is 2.29. The highest BCUT2D eigenvalue weighted by Gasteiger charge is 2.22. The van der Waals surface area contributed by atoms with E-state index >= 15 is 0 Å². The molecule has 2 aromatic heterocycles. The van der Waals surface area contributed by atoms with E-state index in [4.69, 9.17) is 4.74 Å². The van der Waals surface area contributed by atoms with Crippen LogP contribution in [0.2, 0.25) is 0 Å². The Kier molecular flexibility index (Phi) is 4.12. The Morgan fingerprint density at radius 3 is 2.88 bits per heavy atom. The molecule has 1 aliphatic heterocycles. The first-order valence-electron chi connectivity index (χ1n) is 8.40. The minimum absolute atomic E-state index is 0.00193. The third-order valence-electron chi connectivity index (χ3n) is 4.70. The molecule has 0 aliphatic carbocycles. The number of benzene rings is 1. The average molecular weight is 437 g/mol. The van der Waals surface area contributed by atoms with Gasteiger partial charge in [0.05, 0.1) is 20.7 Å². The van der Waals surface area contributed by atoms with Crippen molar-refractivity contribution >= 4 is 44.3 Å². The third-order valence-corrected chi connectivity index (χ3v) is 5.83. The summed E-state index contributed by atoms with van der Waals surface area (Å²) in [6, 6.07) is 4.21. The zero-order chi connectivity index (χ0) is 16.8. The fourth-order valence-corrected chi connectivity index (χ4v) is 4.82. The van der Waals surface area contributed by atoms with E-state index in [1.54, 1.807) is 6.20 Å². The van der Waals surface area contributed by atoms with Gasteiger partial charge in [-0.15, -0.1) is 0 Å². The van der Waals surface area contributed by atoms with Gasteiger partial charge in [0, 0.05) is 23.3 Å². The van der Waals surface area contributed by atoms with Crippen molar-refractivity contribution in [1.82, 2.24) is 9.78 Å². The Labute approximate surface area is 154 Å². The topological polar surface area (TPSA) is 54.0 Å². The molecule has 5 nitrogen and oxygen atoms in total. The molecule has 1 aromatic carbocycles. The summed E-state index contributed by atoms with van der Waals surface area (Å²) in [5.74, 6) is 0.188. The van der Waals surface area contributed by atoms with Crippen LogP contribution in [-0.2, 0) is 4.74 Å². The first-order valence-corrected chi connectivity index (χ1v) is 9.48. The van der Waals surface area contributed by atoms with Crippen LogP contribution in [0.4, 0.5) is 0 Å². The molecule has 4 rings (SSSR count). The highest BCUT2D eigenvalue weighted by Crippen LogP contribution is 2.32. The van der Waals surface area contributed by atoms with Crippen LogP contribution in [0, 0.1) is 8.78 Å². The molecular formula is C18H20IN3O2. The van der Waals surface area contributed by atoms with Crippen molar-refractivity contribution in [3.05, 3.63) is 39.0 Å². The fourth-order valence-electron chi connectivity index (χ4n) is 3.49. The van der Waals surface area contributed by atoms with E-state index in [0.29, 0.717) is 0 Å². The molecule has 0 bridgehead atoms. The molecule has 1 aliphatic rings. The number of rotatable bonds is 2. The van der Waals surface area contributed by atoms with Crippen LogP contribution in [-0.4, -0.2) is 16.4 Å². The Bertz CT molecular complexity index is 914. The lowest BCUT2D eigenvalue weighted by molar-refractivity contribution is -0.614. The van der Waals surface area contributed by atoms with Gasteiger partial charge < -0.3 is 9.94 Å². The molecule has 0 amide bonds. The second kappa shape index (κ2) is 6.15. The number of ether oxygens (including phenoxy) is 1. The Morgan fingerprint density at radius 1 is 1.33 bits per heavy atom. The van der Waals surface area contributed by atoms with Crippen molar-refractivity contribution in [2.45, 2.75) is 45.3 Å². The summed E-state index contributed by atoms with van der Waals surface area (Å²) in [6.07, 6.45) is 6.85. The first-order chi connectivity index (χ1) is 11.6. The van der Waals surface area contributed by atoms with Crippen LogP contribution in [0.25, 0.3) is 21.7 Å². The van der Waals surface area contributed by atoms with E-state index in [2.05, 4.69) is 53.7 Å². The summed E-state index contributed by atoms with van der Waals surface area (Å²) in [5, 5.41) is 20.1. The second-order valence-electron chi connectivity index (χ2n) is 6.72. The molecule has 0 saturated carbocycles. The molecule has 0 N–H and O–H groups in total. The van der Waals surface area contributed by atoms with Gasteiger partial charge >= 0.3 is 0 Å². The maximum atomic E-state index is 12.4. The van der Waals surface area contributed by atoms with Gasteiger partial charge in [-0.05, 0) is 54.0 Å². The zero-order valence-electron chi connectivity index (χ0n) is 13.8. The summed E-state index contributed by atoms with van der Waals surface area (Å²) in [4.78, 5) is 0. The SMILES string of the molecule is CC(C)c1c(I)c2cc3cnn(C4CCCCO4)c3cc2c[n+]1[O-]. The van der Waals surface area contributed by atoms with Crippen molar-refractivity contribution in [2.75, 3.05) is 6.61 Å². The van der Waals surface area contributed by atoms with E-state index in [1.807, 2.05) is 10.9 Å². The van der Waals surface area contributed by atoms with Crippen molar-refractivity contribution in [2.24, 2.45) is 0 Å². The lowest BCUT2D eigenvalue weighted by Crippen LogP contribution is -2.33. The van der Waals surface area contributed by atoms with Gasteiger partial charge in [0.1, 0.15) is 0 Å². The zero-order valence-corrected chi connectivity index (χ0v) is 16.0. The molecule has 1 saturated heterocycles. The van der Waals surface area contributed by atoms with Gasteiger partial charge in [-0.2, -0.15) is 9.83 Å². The van der Waals surface area contributed by atoms with Crippen molar-refractivity contribution in [3.63, 3.8) is 0 Å². The van der Waals surface area contributed by atoms with Gasteiger partial charge in [0.25, 0.3) is 0 Å². The number of halogens is 1. The molecule has 3 heterocycles. The summed E-state index contributed by atoms with van der Waals surface area (Å²) in [6.45, 7) is 4.89. The Hall–Kier alpha value is -1.41. The van der Waals surface area contributed by atoms with Crippen molar-refractivity contribution in [1.29, 1.82) is 0 Å². The van der Waals surface area contributed by atoms with E-state index in [-0.39, 0.29) is 12.1 Å². The van der Waals surface area contributed by atoms with Gasteiger partial charge in [0.15, 0.2) is 12.4 Å². The molecule has 1 atom stereocenters. The average Bonchev–Trinajstić information content (AvgIpc) is 2.96. The number of fused-ring (bicyclic) bond motifs is 2. The number of hydrogen-bond acceptors (Lipinski definition) is 3. The van der Waals surface area contributed by atoms with Gasteiger partial charge in [0.2, 0.25) is 5.69 Å². The lowest BCUT2D eigenvalue weighted by Gasteiger charge is -2.23. The van der Waals surface area contributed by atoms with Crippen LogP contribution < -0.4 is 4.73 Å². The Morgan fingerprint density at radius 2 is 2.17 bits per heavy atom. The summed E-state index contributed by atoms with van der Waals surface area (Å²) < 4.78 is 9.88. The summed E-state index contributed by atoms with van der Waals surface area (Å²) in [5.41, 5.74) is 1.85. The number of pyridine rings is 1. The Balaban J connectivity index is 1.92. The van der Waals surface area contributed by atoms with Crippen molar-refractivity contribution in [3.8, 4) is 0 Å². The number of hydrogen-bond donors (Lipinski definition) is 0. The lowest BCUT2D eigenvalue weighted by atomic mass is 10.0. The van der Waals surface area contributed by atoms with E-state index in [0.717, 1.165) is 61.5 Å².